The van der Waals surface area contributed by atoms with E-state index in [2.05, 4.69) is 36.8 Å². The molecule has 1 aromatic heterocycles. The minimum Gasteiger partial charge on any atom is -0.397 e. The van der Waals surface area contributed by atoms with Crippen molar-refractivity contribution in [2.45, 2.75) is 0 Å². The molecule has 0 aliphatic heterocycles. The first kappa shape index (κ1) is 13.4. The van der Waals surface area contributed by atoms with Crippen molar-refractivity contribution in [1.82, 2.24) is 4.98 Å². The minimum absolute atomic E-state index is 0.688. The molecule has 0 atom stereocenters. The predicted octanol–water partition coefficient (Wildman–Crippen LogP) is 5.72. The molecule has 0 aliphatic rings. The van der Waals surface area contributed by atoms with E-state index in [9.17, 15) is 0 Å². The van der Waals surface area contributed by atoms with E-state index in [0.717, 1.165) is 29.7 Å². The lowest BCUT2D eigenvalue weighted by atomic mass is 10.2. The quantitative estimate of drug-likeness (QED) is 0.513. The average Bonchev–Trinajstić information content (AvgIpc) is 2.76. The Morgan fingerprint density at radius 1 is 1.16 bits per heavy atom. The van der Waals surface area contributed by atoms with Crippen molar-refractivity contribution in [2.24, 2.45) is 0 Å². The van der Waals surface area contributed by atoms with Crippen LogP contribution in [0.1, 0.15) is 0 Å². The summed E-state index contributed by atoms with van der Waals surface area (Å²) in [6, 6.07) is 9.57. The van der Waals surface area contributed by atoms with E-state index in [1.807, 2.05) is 30.3 Å². The van der Waals surface area contributed by atoms with Crippen molar-refractivity contribution < 1.29 is 0 Å². The number of anilines is 1. The molecule has 0 saturated carbocycles. The van der Waals surface area contributed by atoms with E-state index >= 15 is 0 Å². The number of hydrogen-bond donors (Lipinski definition) is 1. The molecule has 0 radical (unpaired) electrons. The van der Waals surface area contributed by atoms with Gasteiger partial charge < -0.3 is 5.73 Å². The SMILES string of the molecule is Nc1c(Br)cc(Br)cc1-c1nc2ccc(Cl)cc2s1. The van der Waals surface area contributed by atoms with Crippen LogP contribution in [0.4, 0.5) is 5.69 Å². The Balaban J connectivity index is 2.24. The van der Waals surface area contributed by atoms with Crippen LogP contribution >= 0.6 is 54.8 Å². The normalized spacial score (nSPS) is 11.1. The average molecular weight is 419 g/mol. The number of rotatable bonds is 1. The number of thiazole rings is 1. The van der Waals surface area contributed by atoms with Gasteiger partial charge in [-0.15, -0.1) is 11.3 Å². The lowest BCUT2D eigenvalue weighted by Crippen LogP contribution is -1.91. The maximum Gasteiger partial charge on any atom is 0.126 e. The zero-order valence-corrected chi connectivity index (χ0v) is 14.2. The van der Waals surface area contributed by atoms with Crippen LogP contribution in [0.2, 0.25) is 5.02 Å². The molecule has 3 aromatic rings. The summed E-state index contributed by atoms with van der Waals surface area (Å²) in [6.07, 6.45) is 0. The molecule has 0 amide bonds. The lowest BCUT2D eigenvalue weighted by molar-refractivity contribution is 1.46. The third-order valence-corrected chi connectivity index (χ3v) is 5.08. The summed E-state index contributed by atoms with van der Waals surface area (Å²) < 4.78 is 2.87. The summed E-state index contributed by atoms with van der Waals surface area (Å²) >= 11 is 14.5. The number of benzene rings is 2. The van der Waals surface area contributed by atoms with Crippen molar-refractivity contribution >= 4 is 70.7 Å². The van der Waals surface area contributed by atoms with E-state index in [-0.39, 0.29) is 0 Å². The van der Waals surface area contributed by atoms with Gasteiger partial charge in [0.1, 0.15) is 5.01 Å². The summed E-state index contributed by atoms with van der Waals surface area (Å²) in [5.41, 5.74) is 8.64. The highest BCUT2D eigenvalue weighted by atomic mass is 79.9. The van der Waals surface area contributed by atoms with Crippen LogP contribution in [0, 0.1) is 0 Å². The smallest absolute Gasteiger partial charge is 0.126 e. The van der Waals surface area contributed by atoms with E-state index in [0.29, 0.717) is 10.7 Å². The third kappa shape index (κ3) is 2.52. The zero-order valence-electron chi connectivity index (χ0n) is 9.45. The van der Waals surface area contributed by atoms with Crippen LogP contribution in [0.25, 0.3) is 20.8 Å². The van der Waals surface area contributed by atoms with Gasteiger partial charge in [-0.1, -0.05) is 27.5 Å². The number of fused-ring (bicyclic) bond motifs is 1. The van der Waals surface area contributed by atoms with Gasteiger partial charge in [0.2, 0.25) is 0 Å². The maximum absolute atomic E-state index is 6.11. The Morgan fingerprint density at radius 2 is 1.95 bits per heavy atom. The van der Waals surface area contributed by atoms with Crippen molar-refractivity contribution in [3.63, 3.8) is 0 Å². The van der Waals surface area contributed by atoms with Gasteiger partial charge in [-0.25, -0.2) is 4.98 Å². The summed E-state index contributed by atoms with van der Waals surface area (Å²) in [7, 11) is 0. The molecule has 2 nitrogen and oxygen atoms in total. The van der Waals surface area contributed by atoms with E-state index in [4.69, 9.17) is 17.3 Å². The molecule has 6 heteroatoms. The number of nitrogens with two attached hydrogens (primary N) is 1. The molecule has 2 N–H and O–H groups in total. The van der Waals surface area contributed by atoms with Crippen LogP contribution in [0.15, 0.2) is 39.3 Å². The highest BCUT2D eigenvalue weighted by molar-refractivity contribution is 9.11. The Labute approximate surface area is 135 Å². The van der Waals surface area contributed by atoms with Crippen LogP contribution in [0.3, 0.4) is 0 Å². The van der Waals surface area contributed by atoms with Gasteiger partial charge in [0.15, 0.2) is 0 Å². The molecule has 0 aliphatic carbocycles. The largest absolute Gasteiger partial charge is 0.397 e. The fourth-order valence-electron chi connectivity index (χ4n) is 1.78. The first-order chi connectivity index (χ1) is 9.04. The van der Waals surface area contributed by atoms with E-state index in [1.165, 1.54) is 0 Å². The monoisotopic (exact) mass is 416 g/mol. The second-order valence-electron chi connectivity index (χ2n) is 3.98. The summed E-state index contributed by atoms with van der Waals surface area (Å²) in [4.78, 5) is 4.61. The molecular weight excluding hydrogens is 411 g/mol. The highest BCUT2D eigenvalue weighted by Crippen LogP contribution is 2.39. The van der Waals surface area contributed by atoms with Gasteiger partial charge in [0.05, 0.1) is 15.9 Å². The van der Waals surface area contributed by atoms with Crippen LogP contribution < -0.4 is 5.73 Å². The van der Waals surface area contributed by atoms with Gasteiger partial charge in [-0.3, -0.25) is 0 Å². The maximum atomic E-state index is 6.11. The lowest BCUT2D eigenvalue weighted by Gasteiger charge is -2.05. The van der Waals surface area contributed by atoms with Gasteiger partial charge in [-0.2, -0.15) is 0 Å². The Kier molecular flexibility index (Phi) is 3.55. The number of halogens is 3. The van der Waals surface area contributed by atoms with E-state index < -0.39 is 0 Å². The van der Waals surface area contributed by atoms with Gasteiger partial charge >= 0.3 is 0 Å². The van der Waals surface area contributed by atoms with Crippen LogP contribution in [0.5, 0.6) is 0 Å². The highest BCUT2D eigenvalue weighted by Gasteiger charge is 2.12. The fraction of sp³-hybridized carbons (Fsp3) is 0. The first-order valence-electron chi connectivity index (χ1n) is 5.35. The molecule has 3 rings (SSSR count). The first-order valence-corrected chi connectivity index (χ1v) is 8.13. The summed E-state index contributed by atoms with van der Waals surface area (Å²) in [6.45, 7) is 0. The fourth-order valence-corrected chi connectivity index (χ4v) is 4.27. The molecule has 2 aromatic carbocycles. The standard InChI is InChI=1S/C13H7Br2ClN2S/c14-6-3-8(12(17)9(15)4-6)13-18-10-2-1-7(16)5-11(10)19-13/h1-5H,17H2. The molecular formula is C13H7Br2ClN2S. The molecule has 0 unspecified atom stereocenters. The molecule has 0 fully saturated rings. The number of hydrogen-bond acceptors (Lipinski definition) is 3. The van der Waals surface area contributed by atoms with Crippen molar-refractivity contribution in [1.29, 1.82) is 0 Å². The molecule has 19 heavy (non-hydrogen) atoms. The van der Waals surface area contributed by atoms with Crippen molar-refractivity contribution in [2.75, 3.05) is 5.73 Å². The molecule has 1 heterocycles. The predicted molar refractivity (Wildman–Crippen MR) is 89.9 cm³/mol. The molecule has 0 saturated heterocycles. The summed E-state index contributed by atoms with van der Waals surface area (Å²) in [5, 5.41) is 1.60. The second kappa shape index (κ2) is 5.05. The van der Waals surface area contributed by atoms with Crippen molar-refractivity contribution in [3.05, 3.63) is 44.3 Å². The molecule has 0 spiro atoms. The third-order valence-electron chi connectivity index (χ3n) is 2.68. The van der Waals surface area contributed by atoms with Crippen molar-refractivity contribution in [3.8, 4) is 10.6 Å². The minimum atomic E-state index is 0.688. The van der Waals surface area contributed by atoms with Gasteiger partial charge in [0.25, 0.3) is 0 Å². The number of aromatic nitrogens is 1. The topological polar surface area (TPSA) is 38.9 Å². The number of nitrogens with zero attached hydrogens (tertiary/aromatic N) is 1. The summed E-state index contributed by atoms with van der Waals surface area (Å²) in [5.74, 6) is 0. The Bertz CT molecular complexity index is 786. The van der Waals surface area contributed by atoms with Gasteiger partial charge in [0, 0.05) is 19.5 Å². The van der Waals surface area contributed by atoms with Gasteiger partial charge in [-0.05, 0) is 46.3 Å². The Morgan fingerprint density at radius 3 is 2.74 bits per heavy atom. The molecule has 96 valence electrons. The number of nitrogen functional groups attached to an aromatic ring is 1. The van der Waals surface area contributed by atoms with E-state index in [1.54, 1.807) is 11.3 Å². The van der Waals surface area contributed by atoms with Crippen LogP contribution in [-0.4, -0.2) is 4.98 Å². The zero-order chi connectivity index (χ0) is 13.6. The second-order valence-corrected chi connectivity index (χ2v) is 7.22. The Hall–Kier alpha value is -0.620. The van der Waals surface area contributed by atoms with Crippen LogP contribution in [-0.2, 0) is 0 Å². The molecule has 0 bridgehead atoms.